The molecule has 0 saturated heterocycles. The fourth-order valence-corrected chi connectivity index (χ4v) is 3.41. The number of azo groups is 1. The molecule has 0 atom stereocenters. The second-order valence-electron chi connectivity index (χ2n) is 7.54. The number of carbonyl (C=O) groups is 1. The minimum absolute atomic E-state index is 0.0299. The summed E-state index contributed by atoms with van der Waals surface area (Å²) in [5.41, 5.74) is 0.637. The van der Waals surface area contributed by atoms with Gasteiger partial charge < -0.3 is 19.7 Å². The van der Waals surface area contributed by atoms with Gasteiger partial charge in [0.2, 0.25) is 0 Å². The van der Waals surface area contributed by atoms with Crippen LogP contribution in [0.2, 0.25) is 0 Å². The third kappa shape index (κ3) is 5.78. The normalized spacial score (nSPS) is 11.6. The zero-order chi connectivity index (χ0) is 26.7. The Bertz CT molecular complexity index is 1540. The number of nitrogens with zero attached hydrogens (tertiary/aromatic N) is 3. The minimum Gasteiger partial charge on any atom is -0.505 e. The average molecular weight is 514 g/mol. The van der Waals surface area contributed by atoms with Crippen LogP contribution in [-0.4, -0.2) is 32.5 Å². The summed E-state index contributed by atoms with van der Waals surface area (Å²) in [7, 11) is 0. The van der Waals surface area contributed by atoms with Gasteiger partial charge >= 0.3 is 12.5 Å². The number of aryl methyl sites for hydroxylation is 1. The number of alkyl halides is 3. The predicted octanol–water partition coefficient (Wildman–Crippen LogP) is 6.22. The zero-order valence-electron chi connectivity index (χ0n) is 18.9. The van der Waals surface area contributed by atoms with Crippen molar-refractivity contribution >= 4 is 17.5 Å². The number of aromatic nitrogens is 2. The fourth-order valence-electron chi connectivity index (χ4n) is 3.41. The van der Waals surface area contributed by atoms with Crippen molar-refractivity contribution in [3.8, 4) is 34.1 Å². The van der Waals surface area contributed by atoms with E-state index in [0.717, 1.165) is 16.8 Å². The molecule has 0 radical (unpaired) electrons. The van der Waals surface area contributed by atoms with Gasteiger partial charge in [0.05, 0.1) is 11.4 Å². The molecule has 0 bridgehead atoms. The molecule has 0 saturated carbocycles. The number of benzene rings is 3. The van der Waals surface area contributed by atoms with Crippen LogP contribution in [0.15, 0.2) is 81.8 Å². The summed E-state index contributed by atoms with van der Waals surface area (Å²) in [6, 6.07) is 15.3. The molecule has 1 heterocycles. The van der Waals surface area contributed by atoms with E-state index in [4.69, 9.17) is 5.11 Å². The lowest BCUT2D eigenvalue weighted by atomic mass is 10.0. The molecular weight excluding hydrogens is 497 g/mol. The molecule has 0 aliphatic rings. The van der Waals surface area contributed by atoms with Crippen LogP contribution in [0.4, 0.5) is 29.3 Å². The Balaban J connectivity index is 1.62. The van der Waals surface area contributed by atoms with Crippen molar-refractivity contribution in [2.75, 3.05) is 0 Å². The quantitative estimate of drug-likeness (QED) is 0.159. The van der Waals surface area contributed by atoms with Crippen molar-refractivity contribution in [2.24, 2.45) is 10.2 Å². The van der Waals surface area contributed by atoms with E-state index < -0.39 is 23.8 Å². The molecule has 190 valence electrons. The molecule has 4 rings (SSSR count). The van der Waals surface area contributed by atoms with Crippen molar-refractivity contribution in [1.29, 1.82) is 0 Å². The van der Waals surface area contributed by atoms with Crippen LogP contribution < -0.4 is 15.0 Å². The van der Waals surface area contributed by atoms with E-state index in [1.54, 1.807) is 31.2 Å². The Kier molecular flexibility index (Phi) is 6.69. The van der Waals surface area contributed by atoms with Crippen LogP contribution in [0.5, 0.6) is 17.2 Å². The van der Waals surface area contributed by atoms with Crippen LogP contribution in [0.1, 0.15) is 5.69 Å². The van der Waals surface area contributed by atoms with Crippen molar-refractivity contribution in [2.45, 2.75) is 13.3 Å². The highest BCUT2D eigenvalue weighted by Crippen LogP contribution is 2.38. The molecule has 37 heavy (non-hydrogen) atoms. The van der Waals surface area contributed by atoms with E-state index in [0.29, 0.717) is 16.8 Å². The molecule has 0 amide bonds. The highest BCUT2D eigenvalue weighted by atomic mass is 19.4. The highest BCUT2D eigenvalue weighted by molar-refractivity contribution is 5.77. The number of nitrogens with one attached hydrogen (secondary N) is 1. The Hall–Kier alpha value is -5.07. The summed E-state index contributed by atoms with van der Waals surface area (Å²) in [5, 5.41) is 30.3. The first-order valence-electron chi connectivity index (χ1n) is 10.4. The Labute approximate surface area is 205 Å². The summed E-state index contributed by atoms with van der Waals surface area (Å²) < 4.78 is 46.7. The van der Waals surface area contributed by atoms with Crippen LogP contribution >= 0.6 is 0 Å². The molecular formula is C24H17F3N4O6. The molecule has 0 aliphatic heterocycles. The fraction of sp³-hybridized carbons (Fsp3) is 0.0833. The number of rotatable bonds is 6. The minimum atomic E-state index is -4.84. The van der Waals surface area contributed by atoms with Gasteiger partial charge in [-0.05, 0) is 55.0 Å². The Morgan fingerprint density at radius 3 is 2.38 bits per heavy atom. The van der Waals surface area contributed by atoms with E-state index in [1.165, 1.54) is 30.3 Å². The maximum atomic E-state index is 12.9. The summed E-state index contributed by atoms with van der Waals surface area (Å²) in [5.74, 6) is -0.659. The predicted molar refractivity (Wildman–Crippen MR) is 124 cm³/mol. The SMILES string of the molecule is Cc1[nH]n(-c2ccc(OC(F)(F)F)cc2)c(=O)c1N=Nc1cccc(-c2cccc(OC(=O)O)c2)c1O. The largest absolute Gasteiger partial charge is 0.573 e. The molecule has 13 heteroatoms. The third-order valence-corrected chi connectivity index (χ3v) is 4.99. The molecule has 0 aliphatic carbocycles. The van der Waals surface area contributed by atoms with Crippen LogP contribution in [0.25, 0.3) is 16.8 Å². The molecule has 3 N–H and O–H groups in total. The van der Waals surface area contributed by atoms with E-state index in [-0.39, 0.29) is 28.6 Å². The maximum Gasteiger partial charge on any atom is 0.573 e. The summed E-state index contributed by atoms with van der Waals surface area (Å²) >= 11 is 0. The van der Waals surface area contributed by atoms with E-state index in [9.17, 15) is 27.9 Å². The van der Waals surface area contributed by atoms with Crippen LogP contribution in [0.3, 0.4) is 0 Å². The number of aromatic amines is 1. The first-order chi connectivity index (χ1) is 17.5. The second kappa shape index (κ2) is 9.89. The maximum absolute atomic E-state index is 12.9. The number of phenols is 1. The van der Waals surface area contributed by atoms with E-state index >= 15 is 0 Å². The van der Waals surface area contributed by atoms with Crippen molar-refractivity contribution in [3.63, 3.8) is 0 Å². The number of phenolic OH excluding ortho intramolecular Hbond substituents is 1. The highest BCUT2D eigenvalue weighted by Gasteiger charge is 2.31. The summed E-state index contributed by atoms with van der Waals surface area (Å²) in [6.45, 7) is 1.55. The Morgan fingerprint density at radius 1 is 1.00 bits per heavy atom. The number of hydrogen-bond donors (Lipinski definition) is 3. The van der Waals surface area contributed by atoms with Crippen LogP contribution in [-0.2, 0) is 0 Å². The topological polar surface area (TPSA) is 138 Å². The summed E-state index contributed by atoms with van der Waals surface area (Å²) in [6.07, 6.45) is -6.32. The molecule has 4 aromatic rings. The number of H-pyrrole nitrogens is 1. The van der Waals surface area contributed by atoms with Gasteiger partial charge in [0.25, 0.3) is 5.56 Å². The Morgan fingerprint density at radius 2 is 1.70 bits per heavy atom. The molecule has 0 fully saturated rings. The number of ether oxygens (including phenoxy) is 2. The smallest absolute Gasteiger partial charge is 0.505 e. The van der Waals surface area contributed by atoms with E-state index in [2.05, 4.69) is 24.8 Å². The molecule has 0 spiro atoms. The van der Waals surface area contributed by atoms with Gasteiger partial charge in [0.15, 0.2) is 11.4 Å². The summed E-state index contributed by atoms with van der Waals surface area (Å²) in [4.78, 5) is 23.7. The van der Waals surface area contributed by atoms with Gasteiger partial charge in [0.1, 0.15) is 17.2 Å². The third-order valence-electron chi connectivity index (χ3n) is 4.99. The van der Waals surface area contributed by atoms with Gasteiger partial charge in [-0.1, -0.05) is 24.3 Å². The first kappa shape index (κ1) is 25.0. The first-order valence-corrected chi connectivity index (χ1v) is 10.4. The molecule has 3 aromatic carbocycles. The van der Waals surface area contributed by atoms with Crippen LogP contribution in [0, 0.1) is 6.92 Å². The number of carboxylic acid groups (broad SMARTS) is 1. The average Bonchev–Trinajstić information content (AvgIpc) is 3.11. The molecule has 1 aromatic heterocycles. The van der Waals surface area contributed by atoms with Gasteiger partial charge in [-0.25, -0.2) is 9.48 Å². The number of para-hydroxylation sites is 1. The van der Waals surface area contributed by atoms with E-state index in [1.807, 2.05) is 0 Å². The van der Waals surface area contributed by atoms with Gasteiger partial charge in [-0.3, -0.25) is 9.89 Å². The molecule has 10 nitrogen and oxygen atoms in total. The second-order valence-corrected chi connectivity index (χ2v) is 7.54. The number of halogens is 3. The van der Waals surface area contributed by atoms with Crippen molar-refractivity contribution in [1.82, 2.24) is 9.78 Å². The zero-order valence-corrected chi connectivity index (χ0v) is 18.9. The monoisotopic (exact) mass is 514 g/mol. The lowest BCUT2D eigenvalue weighted by Gasteiger charge is -2.09. The molecule has 0 unspecified atom stereocenters. The number of aromatic hydroxyl groups is 1. The lowest BCUT2D eigenvalue weighted by Crippen LogP contribution is -2.17. The lowest BCUT2D eigenvalue weighted by molar-refractivity contribution is -0.274. The van der Waals surface area contributed by atoms with Crippen molar-refractivity contribution < 1.29 is 37.7 Å². The standard InChI is InChI=1S/C24H17F3N4O6/c1-13-20(22(33)31(30-13)15-8-10-16(11-9-15)37-24(25,26)27)29-28-19-7-3-6-18(21(19)32)14-4-2-5-17(12-14)36-23(34)35/h2-12,30,32H,1H3,(H,34,35). The van der Waals surface area contributed by atoms with Gasteiger partial charge in [-0.2, -0.15) is 0 Å². The van der Waals surface area contributed by atoms with Crippen molar-refractivity contribution in [3.05, 3.63) is 82.8 Å². The number of hydrogen-bond acceptors (Lipinski definition) is 7. The van der Waals surface area contributed by atoms with Gasteiger partial charge in [0, 0.05) is 5.56 Å². The van der Waals surface area contributed by atoms with Gasteiger partial charge in [-0.15, -0.1) is 23.4 Å².